The summed E-state index contributed by atoms with van der Waals surface area (Å²) >= 11 is 9.92. The topological polar surface area (TPSA) is 89.4 Å². The van der Waals surface area contributed by atoms with Crippen molar-refractivity contribution in [3.05, 3.63) is 43.8 Å². The summed E-state index contributed by atoms with van der Waals surface area (Å²) in [4.78, 5) is 3.00. The largest absolute Gasteiger partial charge is 0.396 e. The zero-order valence-electron chi connectivity index (χ0n) is 11.0. The molecule has 106 valence electrons. The Morgan fingerprint density at radius 3 is 2.36 bits per heavy atom. The first-order chi connectivity index (χ1) is 10.6. The average molecular weight is 387 g/mol. The lowest BCUT2D eigenvalue weighted by molar-refractivity contribution is 1.42. The molecule has 3 aromatic rings. The Kier molecular flexibility index (Phi) is 3.71. The molecule has 0 atom stereocenters. The van der Waals surface area contributed by atoms with Gasteiger partial charge in [-0.05, 0) is 29.9 Å². The molecule has 0 unspecified atom stereocenters. The molecular formula is C15H7BrN4S2. The maximum Gasteiger partial charge on any atom is 0.159 e. The van der Waals surface area contributed by atoms with Crippen molar-refractivity contribution in [2.24, 2.45) is 0 Å². The minimum atomic E-state index is 0.180. The third-order valence-electron chi connectivity index (χ3n) is 3.27. The number of nitrogens with zero attached hydrogens (tertiary/aromatic N) is 2. The first-order valence-electron chi connectivity index (χ1n) is 6.11. The predicted octanol–water partition coefficient (Wildman–Crippen LogP) is 4.71. The number of hydrogen-bond acceptors (Lipinski definition) is 5. The van der Waals surface area contributed by atoms with E-state index >= 15 is 0 Å². The lowest BCUT2D eigenvalue weighted by Gasteiger charge is -2.10. The van der Waals surface area contributed by atoms with Crippen LogP contribution in [-0.4, -0.2) is 4.98 Å². The van der Waals surface area contributed by atoms with Gasteiger partial charge in [0.05, 0.1) is 21.5 Å². The quantitative estimate of drug-likeness (QED) is 0.467. The highest BCUT2D eigenvalue weighted by Gasteiger charge is 2.20. The van der Waals surface area contributed by atoms with Gasteiger partial charge in [0.15, 0.2) is 3.95 Å². The van der Waals surface area contributed by atoms with Crippen molar-refractivity contribution in [3.63, 3.8) is 0 Å². The lowest BCUT2D eigenvalue weighted by Crippen LogP contribution is -1.99. The van der Waals surface area contributed by atoms with Crippen LogP contribution in [0.2, 0.25) is 0 Å². The number of benzene rings is 2. The van der Waals surface area contributed by atoms with Crippen molar-refractivity contribution >= 4 is 55.4 Å². The monoisotopic (exact) mass is 386 g/mol. The standard InChI is InChI=1S/C15H7BrN4S2/c16-8-3-1-7(2-4-8)11-9(5-17)12(19)10(6-18)13-14(11)22-15(21)20-13/h1-4H,19H2,(H,20,21). The van der Waals surface area contributed by atoms with Crippen molar-refractivity contribution < 1.29 is 0 Å². The van der Waals surface area contributed by atoms with Crippen LogP contribution in [0.15, 0.2) is 28.7 Å². The van der Waals surface area contributed by atoms with E-state index in [1.54, 1.807) is 0 Å². The first-order valence-corrected chi connectivity index (χ1v) is 8.13. The number of nitrogens with one attached hydrogen (secondary N) is 1. The number of anilines is 1. The maximum atomic E-state index is 9.52. The molecule has 0 aliphatic rings. The summed E-state index contributed by atoms with van der Waals surface area (Å²) in [5.74, 6) is 0. The maximum absolute atomic E-state index is 9.52. The number of rotatable bonds is 1. The second-order valence-corrected chi connectivity index (χ2v) is 7.09. The van der Waals surface area contributed by atoms with E-state index in [1.165, 1.54) is 11.3 Å². The van der Waals surface area contributed by atoms with Crippen molar-refractivity contribution in [2.75, 3.05) is 5.73 Å². The van der Waals surface area contributed by atoms with Gasteiger partial charge in [-0.3, -0.25) is 0 Å². The Morgan fingerprint density at radius 1 is 1.14 bits per heavy atom. The van der Waals surface area contributed by atoms with E-state index < -0.39 is 0 Å². The van der Waals surface area contributed by atoms with Crippen LogP contribution in [0.4, 0.5) is 5.69 Å². The highest BCUT2D eigenvalue weighted by Crippen LogP contribution is 2.40. The van der Waals surface area contributed by atoms with Crippen molar-refractivity contribution in [2.45, 2.75) is 0 Å². The van der Waals surface area contributed by atoms with E-state index in [9.17, 15) is 10.5 Å². The van der Waals surface area contributed by atoms with Gasteiger partial charge in [-0.15, -0.1) is 11.3 Å². The number of fused-ring (bicyclic) bond motifs is 1. The summed E-state index contributed by atoms with van der Waals surface area (Å²) in [5, 5.41) is 18.9. The molecule has 3 rings (SSSR count). The van der Waals surface area contributed by atoms with Gasteiger partial charge in [-0.25, -0.2) is 0 Å². The fraction of sp³-hybridized carbons (Fsp3) is 0. The number of nitriles is 2. The van der Waals surface area contributed by atoms with Crippen molar-refractivity contribution in [3.8, 4) is 23.3 Å². The Balaban J connectivity index is 2.54. The second kappa shape index (κ2) is 5.54. The van der Waals surface area contributed by atoms with Gasteiger partial charge in [0.2, 0.25) is 0 Å². The van der Waals surface area contributed by atoms with Crippen LogP contribution < -0.4 is 5.73 Å². The lowest BCUT2D eigenvalue weighted by atomic mass is 9.95. The molecule has 0 bridgehead atoms. The van der Waals surface area contributed by atoms with Crippen LogP contribution in [0.1, 0.15) is 11.1 Å². The summed E-state index contributed by atoms with van der Waals surface area (Å²) in [5.41, 5.74) is 8.94. The molecule has 3 N–H and O–H groups in total. The summed E-state index contributed by atoms with van der Waals surface area (Å²) in [6.07, 6.45) is 0. The zero-order chi connectivity index (χ0) is 15.9. The molecular weight excluding hydrogens is 380 g/mol. The number of aromatic nitrogens is 1. The average Bonchev–Trinajstić information content (AvgIpc) is 2.88. The predicted molar refractivity (Wildman–Crippen MR) is 94.0 cm³/mol. The molecule has 0 aliphatic carbocycles. The number of nitrogens with two attached hydrogens (primary N) is 1. The zero-order valence-corrected chi connectivity index (χ0v) is 14.2. The molecule has 0 saturated carbocycles. The normalized spacial score (nSPS) is 10.3. The molecule has 0 aliphatic heterocycles. The van der Waals surface area contributed by atoms with E-state index in [0.717, 1.165) is 14.7 Å². The van der Waals surface area contributed by atoms with Crippen LogP contribution in [0.25, 0.3) is 21.3 Å². The van der Waals surface area contributed by atoms with Gasteiger partial charge in [-0.2, -0.15) is 10.5 Å². The van der Waals surface area contributed by atoms with Gasteiger partial charge in [0, 0.05) is 10.0 Å². The highest BCUT2D eigenvalue weighted by molar-refractivity contribution is 9.10. The van der Waals surface area contributed by atoms with Crippen LogP contribution in [0.3, 0.4) is 0 Å². The highest BCUT2D eigenvalue weighted by atomic mass is 79.9. The Morgan fingerprint density at radius 2 is 1.77 bits per heavy atom. The number of aromatic amines is 1. The van der Waals surface area contributed by atoms with Crippen LogP contribution in [0, 0.1) is 26.6 Å². The van der Waals surface area contributed by atoms with Crippen molar-refractivity contribution in [1.82, 2.24) is 4.98 Å². The molecule has 0 spiro atoms. The van der Waals surface area contributed by atoms with Gasteiger partial charge < -0.3 is 10.7 Å². The summed E-state index contributed by atoms with van der Waals surface area (Å²) in [7, 11) is 0. The fourth-order valence-electron chi connectivity index (χ4n) is 2.31. The molecule has 7 heteroatoms. The number of H-pyrrole nitrogens is 1. The van der Waals surface area contributed by atoms with Crippen LogP contribution in [0.5, 0.6) is 0 Å². The van der Waals surface area contributed by atoms with Crippen LogP contribution in [-0.2, 0) is 0 Å². The SMILES string of the molecule is N#Cc1c(N)c(C#N)c2[nH]c(=S)sc2c1-c1ccc(Br)cc1. The summed E-state index contributed by atoms with van der Waals surface area (Å²) in [6, 6.07) is 11.8. The van der Waals surface area contributed by atoms with E-state index in [2.05, 4.69) is 33.1 Å². The van der Waals surface area contributed by atoms with E-state index in [4.69, 9.17) is 18.0 Å². The molecule has 0 amide bonds. The number of thiazole rings is 1. The first kappa shape index (κ1) is 14.7. The van der Waals surface area contributed by atoms with Crippen LogP contribution >= 0.6 is 39.5 Å². The van der Waals surface area contributed by atoms with E-state index in [1.807, 2.05) is 24.3 Å². The number of hydrogen-bond donors (Lipinski definition) is 2. The summed E-state index contributed by atoms with van der Waals surface area (Å²) in [6.45, 7) is 0. The van der Waals surface area contributed by atoms with Gasteiger partial charge in [0.1, 0.15) is 17.7 Å². The van der Waals surface area contributed by atoms with E-state index in [0.29, 0.717) is 20.6 Å². The smallest absolute Gasteiger partial charge is 0.159 e. The summed E-state index contributed by atoms with van der Waals surface area (Å²) < 4.78 is 2.25. The fourth-order valence-corrected chi connectivity index (χ4v) is 3.84. The molecule has 0 fully saturated rings. The number of nitrogen functional groups attached to an aromatic ring is 1. The second-order valence-electron chi connectivity index (χ2n) is 4.49. The molecule has 2 aromatic carbocycles. The third-order valence-corrected chi connectivity index (χ3v) is 5.05. The number of halogens is 1. The molecule has 22 heavy (non-hydrogen) atoms. The molecule has 0 radical (unpaired) electrons. The molecule has 1 heterocycles. The Hall–Kier alpha value is -2.19. The van der Waals surface area contributed by atoms with E-state index in [-0.39, 0.29) is 11.3 Å². The molecule has 1 aromatic heterocycles. The Labute approximate surface area is 143 Å². The minimum absolute atomic E-state index is 0.180. The van der Waals surface area contributed by atoms with Gasteiger partial charge in [0.25, 0.3) is 0 Å². The third kappa shape index (κ3) is 2.20. The van der Waals surface area contributed by atoms with Gasteiger partial charge >= 0.3 is 0 Å². The van der Waals surface area contributed by atoms with Gasteiger partial charge in [-0.1, -0.05) is 28.1 Å². The molecule has 0 saturated heterocycles. The minimum Gasteiger partial charge on any atom is -0.396 e. The van der Waals surface area contributed by atoms with Crippen molar-refractivity contribution in [1.29, 1.82) is 10.5 Å². The Bertz CT molecular complexity index is 1030. The molecule has 4 nitrogen and oxygen atoms in total.